The summed E-state index contributed by atoms with van der Waals surface area (Å²) in [5.74, 6) is 1.13. The van der Waals surface area contributed by atoms with Crippen LogP contribution < -0.4 is 0 Å². The first-order valence-electron chi connectivity index (χ1n) is 9.21. The largest absolute Gasteiger partial charge is 0.126 e. The van der Waals surface area contributed by atoms with Crippen LogP contribution in [0.1, 0.15) is 48.4 Å². The fourth-order valence-corrected chi connectivity index (χ4v) is 3.49. The lowest BCUT2D eigenvalue weighted by atomic mass is 9.87. The van der Waals surface area contributed by atoms with Crippen LogP contribution in [0.25, 0.3) is 11.1 Å². The van der Waals surface area contributed by atoms with Crippen molar-refractivity contribution < 1.29 is 0 Å². The van der Waals surface area contributed by atoms with Gasteiger partial charge in [0, 0.05) is 5.88 Å². The van der Waals surface area contributed by atoms with Gasteiger partial charge in [-0.1, -0.05) is 98.8 Å². The summed E-state index contributed by atoms with van der Waals surface area (Å²) in [4.78, 5) is 0. The SMILES string of the molecule is CC(C)c1ccc(/C(=C(/CCCl)c2ccccc2)c2ccccc2)cc1. The molecule has 0 radical (unpaired) electrons. The molecule has 3 aromatic carbocycles. The van der Waals surface area contributed by atoms with Crippen LogP contribution in [-0.4, -0.2) is 5.88 Å². The second-order valence-corrected chi connectivity index (χ2v) is 7.18. The maximum Gasteiger partial charge on any atom is 0.0264 e. The van der Waals surface area contributed by atoms with E-state index in [2.05, 4.69) is 98.8 Å². The van der Waals surface area contributed by atoms with E-state index in [0.29, 0.717) is 11.8 Å². The molecular formula is C25H25Cl. The molecule has 0 aliphatic rings. The molecule has 0 heterocycles. The summed E-state index contributed by atoms with van der Waals surface area (Å²) in [6.07, 6.45) is 0.835. The van der Waals surface area contributed by atoms with Crippen LogP contribution in [0.4, 0.5) is 0 Å². The van der Waals surface area contributed by atoms with Crippen molar-refractivity contribution in [2.75, 3.05) is 5.88 Å². The molecule has 0 fully saturated rings. The molecule has 0 N–H and O–H groups in total. The van der Waals surface area contributed by atoms with E-state index in [1.165, 1.54) is 33.4 Å². The topological polar surface area (TPSA) is 0 Å². The first-order chi connectivity index (χ1) is 12.7. The highest BCUT2D eigenvalue weighted by Crippen LogP contribution is 2.35. The van der Waals surface area contributed by atoms with Gasteiger partial charge in [-0.3, -0.25) is 0 Å². The number of halogens is 1. The van der Waals surface area contributed by atoms with Gasteiger partial charge in [0.2, 0.25) is 0 Å². The fourth-order valence-electron chi connectivity index (χ4n) is 3.30. The minimum Gasteiger partial charge on any atom is -0.126 e. The van der Waals surface area contributed by atoms with E-state index in [9.17, 15) is 0 Å². The van der Waals surface area contributed by atoms with Crippen molar-refractivity contribution in [1.82, 2.24) is 0 Å². The molecule has 0 saturated heterocycles. The summed E-state index contributed by atoms with van der Waals surface area (Å²) >= 11 is 6.20. The van der Waals surface area contributed by atoms with Crippen LogP contribution in [0.15, 0.2) is 84.9 Å². The number of allylic oxidation sites excluding steroid dienone is 1. The standard InChI is InChI=1S/C25H25Cl/c1-19(2)20-13-15-23(16-14-20)25(22-11-7-4-8-12-22)24(17-18-26)21-9-5-3-6-10-21/h3-16,19H,17-18H2,1-2H3/b25-24-. The molecule has 0 saturated carbocycles. The molecule has 132 valence electrons. The van der Waals surface area contributed by atoms with Crippen molar-refractivity contribution >= 4 is 22.7 Å². The van der Waals surface area contributed by atoms with Crippen molar-refractivity contribution in [3.63, 3.8) is 0 Å². The maximum absolute atomic E-state index is 6.20. The Kier molecular flexibility index (Phi) is 6.30. The number of benzene rings is 3. The Morgan fingerprint density at radius 1 is 0.692 bits per heavy atom. The third-order valence-corrected chi connectivity index (χ3v) is 4.89. The number of hydrogen-bond acceptors (Lipinski definition) is 0. The van der Waals surface area contributed by atoms with E-state index in [1.54, 1.807) is 0 Å². The Hall–Kier alpha value is -2.31. The highest BCUT2D eigenvalue weighted by Gasteiger charge is 2.14. The second kappa shape index (κ2) is 8.87. The highest BCUT2D eigenvalue weighted by molar-refractivity contribution is 6.18. The summed E-state index contributed by atoms with van der Waals surface area (Å²) in [5.41, 5.74) is 7.63. The van der Waals surface area contributed by atoms with Gasteiger partial charge in [0.25, 0.3) is 0 Å². The summed E-state index contributed by atoms with van der Waals surface area (Å²) in [6, 6.07) is 30.2. The molecule has 0 aliphatic carbocycles. The van der Waals surface area contributed by atoms with Gasteiger partial charge in [0.05, 0.1) is 0 Å². The summed E-state index contributed by atoms with van der Waals surface area (Å²) in [7, 11) is 0. The molecule has 0 aromatic heterocycles. The lowest BCUT2D eigenvalue weighted by molar-refractivity contribution is 0.866. The predicted octanol–water partition coefficient (Wildman–Crippen LogP) is 7.40. The minimum absolute atomic E-state index is 0.532. The van der Waals surface area contributed by atoms with Crippen molar-refractivity contribution in [2.45, 2.75) is 26.2 Å². The van der Waals surface area contributed by atoms with Gasteiger partial charge in [-0.25, -0.2) is 0 Å². The zero-order chi connectivity index (χ0) is 18.4. The fraction of sp³-hybridized carbons (Fsp3) is 0.200. The van der Waals surface area contributed by atoms with Gasteiger partial charge in [0.15, 0.2) is 0 Å². The van der Waals surface area contributed by atoms with Crippen LogP contribution >= 0.6 is 11.6 Å². The smallest absolute Gasteiger partial charge is 0.0264 e. The van der Waals surface area contributed by atoms with Gasteiger partial charge in [-0.2, -0.15) is 0 Å². The number of alkyl halides is 1. The van der Waals surface area contributed by atoms with Crippen LogP contribution in [0.2, 0.25) is 0 Å². The third kappa shape index (κ3) is 4.26. The summed E-state index contributed by atoms with van der Waals surface area (Å²) in [6.45, 7) is 4.46. The van der Waals surface area contributed by atoms with Crippen LogP contribution in [0.5, 0.6) is 0 Å². The molecule has 0 atom stereocenters. The molecule has 0 nitrogen and oxygen atoms in total. The van der Waals surface area contributed by atoms with E-state index in [0.717, 1.165) is 6.42 Å². The minimum atomic E-state index is 0.532. The van der Waals surface area contributed by atoms with E-state index in [1.807, 2.05) is 0 Å². The quantitative estimate of drug-likeness (QED) is 0.317. The van der Waals surface area contributed by atoms with Gasteiger partial charge < -0.3 is 0 Å². The van der Waals surface area contributed by atoms with Gasteiger partial charge >= 0.3 is 0 Å². The molecule has 1 heteroatoms. The Labute approximate surface area is 162 Å². The number of rotatable bonds is 6. The van der Waals surface area contributed by atoms with E-state index >= 15 is 0 Å². The zero-order valence-corrected chi connectivity index (χ0v) is 16.2. The molecular weight excluding hydrogens is 336 g/mol. The molecule has 0 spiro atoms. The van der Waals surface area contributed by atoms with E-state index in [-0.39, 0.29) is 0 Å². The average molecular weight is 361 g/mol. The van der Waals surface area contributed by atoms with E-state index in [4.69, 9.17) is 11.6 Å². The molecule has 0 unspecified atom stereocenters. The first-order valence-corrected chi connectivity index (χ1v) is 9.74. The van der Waals surface area contributed by atoms with E-state index < -0.39 is 0 Å². The molecule has 3 rings (SSSR count). The van der Waals surface area contributed by atoms with Crippen molar-refractivity contribution in [3.8, 4) is 0 Å². The van der Waals surface area contributed by atoms with Gasteiger partial charge in [-0.15, -0.1) is 11.6 Å². The molecule has 0 aliphatic heterocycles. The van der Waals surface area contributed by atoms with Crippen molar-refractivity contribution in [2.24, 2.45) is 0 Å². The Balaban J connectivity index is 2.22. The molecule has 26 heavy (non-hydrogen) atoms. The van der Waals surface area contributed by atoms with Crippen LogP contribution in [0, 0.1) is 0 Å². The molecule has 0 amide bonds. The van der Waals surface area contributed by atoms with Crippen molar-refractivity contribution in [1.29, 1.82) is 0 Å². The first kappa shape index (κ1) is 18.5. The lowest BCUT2D eigenvalue weighted by Crippen LogP contribution is -1.97. The zero-order valence-electron chi connectivity index (χ0n) is 15.5. The second-order valence-electron chi connectivity index (χ2n) is 6.80. The Morgan fingerprint density at radius 3 is 1.69 bits per heavy atom. The molecule has 0 bridgehead atoms. The summed E-state index contributed by atoms with van der Waals surface area (Å²) < 4.78 is 0. The predicted molar refractivity (Wildman–Crippen MR) is 115 cm³/mol. The monoisotopic (exact) mass is 360 g/mol. The maximum atomic E-state index is 6.20. The van der Waals surface area contributed by atoms with Crippen LogP contribution in [-0.2, 0) is 0 Å². The third-order valence-electron chi connectivity index (χ3n) is 4.70. The summed E-state index contributed by atoms with van der Waals surface area (Å²) in [5, 5.41) is 0. The number of hydrogen-bond donors (Lipinski definition) is 0. The van der Waals surface area contributed by atoms with Gasteiger partial charge in [0.1, 0.15) is 0 Å². The van der Waals surface area contributed by atoms with Crippen LogP contribution in [0.3, 0.4) is 0 Å². The Morgan fingerprint density at radius 2 is 1.19 bits per heavy atom. The van der Waals surface area contributed by atoms with Crippen molar-refractivity contribution in [3.05, 3.63) is 107 Å². The Bertz CT molecular complexity index is 844. The highest BCUT2D eigenvalue weighted by atomic mass is 35.5. The average Bonchev–Trinajstić information content (AvgIpc) is 2.69. The normalized spacial score (nSPS) is 12.2. The molecule has 3 aromatic rings. The van der Waals surface area contributed by atoms with Gasteiger partial charge in [-0.05, 0) is 45.7 Å². The lowest BCUT2D eigenvalue weighted by Gasteiger charge is -2.17.